The number of thiocarbonyl (C=S) groups is 1. The van der Waals surface area contributed by atoms with Crippen LogP contribution in [0.5, 0.6) is 0 Å². The molecule has 0 aliphatic heterocycles. The maximum atomic E-state index is 4.95. The maximum absolute atomic E-state index is 4.95. The average molecular weight is 244 g/mol. The standard InChI is InChI=1S/C9H16N4S2/c1-10-9(14)13-4-2-3-11-7-8-12-5-6-15-8/h5-6,11H,2-4,7H2,1H3,(H2,10,13,14). The van der Waals surface area contributed by atoms with Crippen molar-refractivity contribution in [2.24, 2.45) is 0 Å². The van der Waals surface area contributed by atoms with E-state index < -0.39 is 0 Å². The summed E-state index contributed by atoms with van der Waals surface area (Å²) < 4.78 is 0. The molecule has 1 rings (SSSR count). The second kappa shape index (κ2) is 7.56. The second-order valence-corrected chi connectivity index (χ2v) is 4.35. The Kier molecular flexibility index (Phi) is 6.22. The molecule has 0 aliphatic carbocycles. The minimum absolute atomic E-state index is 0.704. The van der Waals surface area contributed by atoms with Crippen molar-refractivity contribution >= 4 is 28.7 Å². The zero-order valence-electron chi connectivity index (χ0n) is 8.75. The van der Waals surface area contributed by atoms with Gasteiger partial charge in [0.05, 0.1) is 0 Å². The van der Waals surface area contributed by atoms with E-state index >= 15 is 0 Å². The van der Waals surface area contributed by atoms with Gasteiger partial charge in [-0.05, 0) is 25.2 Å². The zero-order valence-corrected chi connectivity index (χ0v) is 10.4. The van der Waals surface area contributed by atoms with Gasteiger partial charge in [0, 0.05) is 31.7 Å². The number of aromatic nitrogens is 1. The van der Waals surface area contributed by atoms with Crippen molar-refractivity contribution in [1.29, 1.82) is 0 Å². The summed E-state index contributed by atoms with van der Waals surface area (Å²) in [5.74, 6) is 0. The van der Waals surface area contributed by atoms with Gasteiger partial charge >= 0.3 is 0 Å². The molecule has 3 N–H and O–H groups in total. The van der Waals surface area contributed by atoms with Crippen LogP contribution in [0.2, 0.25) is 0 Å². The van der Waals surface area contributed by atoms with Crippen LogP contribution < -0.4 is 16.0 Å². The van der Waals surface area contributed by atoms with E-state index in [1.165, 1.54) is 0 Å². The first-order valence-electron chi connectivity index (χ1n) is 4.87. The first-order chi connectivity index (χ1) is 7.33. The van der Waals surface area contributed by atoms with Gasteiger partial charge in [-0.15, -0.1) is 11.3 Å². The molecule has 84 valence electrons. The quantitative estimate of drug-likeness (QED) is 0.508. The predicted octanol–water partition coefficient (Wildman–Crippen LogP) is 0.717. The SMILES string of the molecule is CNC(=S)NCCCNCc1nccs1. The lowest BCUT2D eigenvalue weighted by Crippen LogP contribution is -2.34. The molecular weight excluding hydrogens is 228 g/mol. The molecule has 6 heteroatoms. The van der Waals surface area contributed by atoms with E-state index in [0.29, 0.717) is 5.11 Å². The third-order valence-electron chi connectivity index (χ3n) is 1.80. The Morgan fingerprint density at radius 2 is 2.40 bits per heavy atom. The van der Waals surface area contributed by atoms with Gasteiger partial charge in [0.2, 0.25) is 0 Å². The van der Waals surface area contributed by atoms with Crippen LogP contribution in [0.1, 0.15) is 11.4 Å². The van der Waals surface area contributed by atoms with E-state index in [4.69, 9.17) is 12.2 Å². The molecule has 4 nitrogen and oxygen atoms in total. The Labute approximate surface area is 99.5 Å². The Hall–Kier alpha value is -0.720. The summed E-state index contributed by atoms with van der Waals surface area (Å²) in [7, 11) is 1.82. The highest BCUT2D eigenvalue weighted by Crippen LogP contribution is 2.02. The molecule has 0 atom stereocenters. The summed E-state index contributed by atoms with van der Waals surface area (Å²) in [6.07, 6.45) is 2.88. The minimum atomic E-state index is 0.704. The molecule has 15 heavy (non-hydrogen) atoms. The fourth-order valence-corrected chi connectivity index (χ4v) is 1.73. The first kappa shape index (κ1) is 12.4. The molecule has 0 unspecified atom stereocenters. The lowest BCUT2D eigenvalue weighted by atomic mass is 10.4. The third kappa shape index (κ3) is 5.66. The predicted molar refractivity (Wildman–Crippen MR) is 68.1 cm³/mol. The molecule has 0 fully saturated rings. The van der Waals surface area contributed by atoms with Crippen LogP contribution in [0.4, 0.5) is 0 Å². The molecule has 0 aliphatic rings. The van der Waals surface area contributed by atoms with Gasteiger partial charge in [-0.25, -0.2) is 4.98 Å². The van der Waals surface area contributed by atoms with Gasteiger partial charge in [-0.2, -0.15) is 0 Å². The third-order valence-corrected chi connectivity index (χ3v) is 2.93. The van der Waals surface area contributed by atoms with Crippen molar-refractivity contribution < 1.29 is 0 Å². The number of hydrogen-bond donors (Lipinski definition) is 3. The Morgan fingerprint density at radius 1 is 1.53 bits per heavy atom. The van der Waals surface area contributed by atoms with Gasteiger partial charge < -0.3 is 16.0 Å². The molecule has 1 aromatic heterocycles. The smallest absolute Gasteiger partial charge is 0.166 e. The van der Waals surface area contributed by atoms with Gasteiger partial charge in [0.15, 0.2) is 5.11 Å². The molecule has 0 radical (unpaired) electrons. The van der Waals surface area contributed by atoms with Crippen molar-refractivity contribution in [3.05, 3.63) is 16.6 Å². The van der Waals surface area contributed by atoms with Crippen molar-refractivity contribution in [3.8, 4) is 0 Å². The van der Waals surface area contributed by atoms with Crippen LogP contribution in [0, 0.1) is 0 Å². The monoisotopic (exact) mass is 244 g/mol. The highest BCUT2D eigenvalue weighted by atomic mass is 32.1. The second-order valence-electron chi connectivity index (χ2n) is 2.96. The number of hydrogen-bond acceptors (Lipinski definition) is 4. The zero-order chi connectivity index (χ0) is 10.9. The van der Waals surface area contributed by atoms with Crippen LogP contribution in [0.3, 0.4) is 0 Å². The minimum Gasteiger partial charge on any atom is -0.366 e. The van der Waals surface area contributed by atoms with E-state index in [-0.39, 0.29) is 0 Å². The van der Waals surface area contributed by atoms with Gasteiger partial charge in [0.25, 0.3) is 0 Å². The number of nitrogens with one attached hydrogen (secondary N) is 3. The summed E-state index contributed by atoms with van der Waals surface area (Å²) >= 11 is 6.62. The highest BCUT2D eigenvalue weighted by molar-refractivity contribution is 7.80. The molecule has 0 aromatic carbocycles. The van der Waals surface area contributed by atoms with Crippen molar-refractivity contribution in [1.82, 2.24) is 20.9 Å². The molecule has 1 heterocycles. The largest absolute Gasteiger partial charge is 0.366 e. The van der Waals surface area contributed by atoms with Crippen LogP contribution >= 0.6 is 23.6 Å². The van der Waals surface area contributed by atoms with Gasteiger partial charge in [-0.1, -0.05) is 0 Å². The summed E-state index contributed by atoms with van der Waals surface area (Å²) in [5.41, 5.74) is 0. The van der Waals surface area contributed by atoms with E-state index in [1.807, 2.05) is 18.6 Å². The summed E-state index contributed by atoms with van der Waals surface area (Å²) in [4.78, 5) is 4.19. The van der Waals surface area contributed by atoms with Crippen molar-refractivity contribution in [2.75, 3.05) is 20.1 Å². The number of nitrogens with zero attached hydrogens (tertiary/aromatic N) is 1. The number of thiazole rings is 1. The molecule has 0 amide bonds. The van der Waals surface area contributed by atoms with Crippen LogP contribution in [-0.2, 0) is 6.54 Å². The van der Waals surface area contributed by atoms with E-state index in [9.17, 15) is 0 Å². The fourth-order valence-electron chi connectivity index (χ4n) is 1.04. The average Bonchev–Trinajstić information content (AvgIpc) is 2.75. The molecule has 0 saturated carbocycles. The number of rotatable bonds is 6. The van der Waals surface area contributed by atoms with E-state index in [0.717, 1.165) is 31.1 Å². The molecule has 0 bridgehead atoms. The van der Waals surface area contributed by atoms with Crippen LogP contribution in [0.25, 0.3) is 0 Å². The Bertz CT molecular complexity index is 274. The van der Waals surface area contributed by atoms with Gasteiger partial charge in [0.1, 0.15) is 5.01 Å². The Morgan fingerprint density at radius 3 is 3.07 bits per heavy atom. The van der Waals surface area contributed by atoms with Crippen molar-refractivity contribution in [3.63, 3.8) is 0 Å². The molecule has 0 saturated heterocycles. The van der Waals surface area contributed by atoms with E-state index in [2.05, 4.69) is 20.9 Å². The lowest BCUT2D eigenvalue weighted by Gasteiger charge is -2.06. The summed E-state index contributed by atoms with van der Waals surface area (Å²) in [6.45, 7) is 2.72. The first-order valence-corrected chi connectivity index (χ1v) is 6.16. The molecular formula is C9H16N4S2. The summed E-state index contributed by atoms with van der Waals surface area (Å²) in [6, 6.07) is 0. The fraction of sp³-hybridized carbons (Fsp3) is 0.556. The summed E-state index contributed by atoms with van der Waals surface area (Å²) in [5, 5.41) is 13.1. The highest BCUT2D eigenvalue weighted by Gasteiger charge is 1.94. The van der Waals surface area contributed by atoms with Crippen LogP contribution in [-0.4, -0.2) is 30.2 Å². The normalized spacial score (nSPS) is 9.93. The lowest BCUT2D eigenvalue weighted by molar-refractivity contribution is 0.637. The Balaban J connectivity index is 1.91. The molecule has 0 spiro atoms. The van der Waals surface area contributed by atoms with E-state index in [1.54, 1.807) is 11.3 Å². The molecule has 1 aromatic rings. The maximum Gasteiger partial charge on any atom is 0.166 e. The van der Waals surface area contributed by atoms with Crippen LogP contribution in [0.15, 0.2) is 11.6 Å². The van der Waals surface area contributed by atoms with Crippen molar-refractivity contribution in [2.45, 2.75) is 13.0 Å². The topological polar surface area (TPSA) is 49.0 Å². The van der Waals surface area contributed by atoms with Gasteiger partial charge in [-0.3, -0.25) is 0 Å².